The standard InChI is InChI=1S/C12H20N2O3/c1-2-5-10(12(16)17)14-11(15)8-6-3-4-7-9(8)13/h2,8-10H,1,3-7,13H2,(H,14,15)(H,16,17). The second kappa shape index (κ2) is 6.39. The number of nitrogens with two attached hydrogens (primary N) is 1. The van der Waals surface area contributed by atoms with Crippen molar-refractivity contribution >= 4 is 11.9 Å². The fourth-order valence-corrected chi connectivity index (χ4v) is 2.15. The third-order valence-corrected chi connectivity index (χ3v) is 3.17. The van der Waals surface area contributed by atoms with E-state index in [0.29, 0.717) is 0 Å². The van der Waals surface area contributed by atoms with Gasteiger partial charge in [-0.2, -0.15) is 0 Å². The van der Waals surface area contributed by atoms with Crippen LogP contribution in [0.5, 0.6) is 0 Å². The molecule has 3 unspecified atom stereocenters. The predicted octanol–water partition coefficient (Wildman–Crippen LogP) is 0.649. The summed E-state index contributed by atoms with van der Waals surface area (Å²) < 4.78 is 0. The lowest BCUT2D eigenvalue weighted by atomic mass is 9.84. The Balaban J connectivity index is 2.56. The van der Waals surface area contributed by atoms with Gasteiger partial charge in [0.05, 0.1) is 5.92 Å². The minimum Gasteiger partial charge on any atom is -0.480 e. The van der Waals surface area contributed by atoms with Crippen LogP contribution in [-0.2, 0) is 9.59 Å². The highest BCUT2D eigenvalue weighted by molar-refractivity contribution is 5.85. The van der Waals surface area contributed by atoms with Gasteiger partial charge in [-0.3, -0.25) is 4.79 Å². The van der Waals surface area contributed by atoms with E-state index in [0.717, 1.165) is 25.7 Å². The van der Waals surface area contributed by atoms with E-state index < -0.39 is 12.0 Å². The molecule has 1 saturated carbocycles. The lowest BCUT2D eigenvalue weighted by molar-refractivity contribution is -0.142. The molecular weight excluding hydrogens is 220 g/mol. The molecule has 1 amide bonds. The smallest absolute Gasteiger partial charge is 0.326 e. The Morgan fingerprint density at radius 1 is 1.47 bits per heavy atom. The number of rotatable bonds is 5. The number of amides is 1. The third kappa shape index (κ3) is 3.85. The van der Waals surface area contributed by atoms with Gasteiger partial charge in [-0.25, -0.2) is 4.79 Å². The van der Waals surface area contributed by atoms with Gasteiger partial charge < -0.3 is 16.2 Å². The molecule has 0 aromatic carbocycles. The van der Waals surface area contributed by atoms with Crippen LogP contribution in [0.25, 0.3) is 0 Å². The van der Waals surface area contributed by atoms with Crippen molar-refractivity contribution in [2.24, 2.45) is 11.7 Å². The number of carbonyl (C=O) groups excluding carboxylic acids is 1. The molecule has 0 saturated heterocycles. The second-order valence-corrected chi connectivity index (χ2v) is 4.48. The predicted molar refractivity (Wildman–Crippen MR) is 64.3 cm³/mol. The fraction of sp³-hybridized carbons (Fsp3) is 0.667. The molecule has 96 valence electrons. The number of carbonyl (C=O) groups is 2. The van der Waals surface area contributed by atoms with Crippen molar-refractivity contribution in [2.75, 3.05) is 0 Å². The summed E-state index contributed by atoms with van der Waals surface area (Å²) in [6, 6.07) is -1.05. The monoisotopic (exact) mass is 240 g/mol. The van der Waals surface area contributed by atoms with Gasteiger partial charge in [0.25, 0.3) is 0 Å². The Bertz CT molecular complexity index is 304. The van der Waals surface area contributed by atoms with Crippen LogP contribution in [0.2, 0.25) is 0 Å². The van der Waals surface area contributed by atoms with Crippen LogP contribution in [0, 0.1) is 5.92 Å². The van der Waals surface area contributed by atoms with E-state index in [2.05, 4.69) is 11.9 Å². The van der Waals surface area contributed by atoms with E-state index in [1.165, 1.54) is 6.08 Å². The topological polar surface area (TPSA) is 92.4 Å². The van der Waals surface area contributed by atoms with Crippen LogP contribution < -0.4 is 11.1 Å². The van der Waals surface area contributed by atoms with Crippen molar-refractivity contribution in [2.45, 2.75) is 44.2 Å². The lowest BCUT2D eigenvalue weighted by Crippen LogP contribution is -2.49. The molecule has 0 aliphatic heterocycles. The average molecular weight is 240 g/mol. The quantitative estimate of drug-likeness (QED) is 0.615. The molecule has 0 heterocycles. The molecule has 0 radical (unpaired) electrons. The molecule has 1 aliphatic rings. The first kappa shape index (κ1) is 13.7. The van der Waals surface area contributed by atoms with Crippen LogP contribution in [0.4, 0.5) is 0 Å². The van der Waals surface area contributed by atoms with Gasteiger partial charge >= 0.3 is 5.97 Å². The van der Waals surface area contributed by atoms with Crippen molar-refractivity contribution in [3.8, 4) is 0 Å². The Morgan fingerprint density at radius 2 is 2.12 bits per heavy atom. The van der Waals surface area contributed by atoms with Gasteiger partial charge in [0.2, 0.25) is 5.91 Å². The van der Waals surface area contributed by atoms with Crippen LogP contribution in [0.3, 0.4) is 0 Å². The van der Waals surface area contributed by atoms with Gasteiger partial charge in [-0.1, -0.05) is 18.9 Å². The summed E-state index contributed by atoms with van der Waals surface area (Å²) in [6.07, 6.45) is 5.30. The number of aliphatic carboxylic acids is 1. The molecule has 1 fully saturated rings. The van der Waals surface area contributed by atoms with Crippen molar-refractivity contribution in [1.29, 1.82) is 0 Å². The summed E-state index contributed by atoms with van der Waals surface area (Å²) in [5.41, 5.74) is 5.88. The first-order valence-corrected chi connectivity index (χ1v) is 5.96. The van der Waals surface area contributed by atoms with Gasteiger partial charge in [0.15, 0.2) is 0 Å². The summed E-state index contributed by atoms with van der Waals surface area (Å²) in [5.74, 6) is -1.54. The number of hydrogen-bond donors (Lipinski definition) is 3. The van der Waals surface area contributed by atoms with Crippen molar-refractivity contribution < 1.29 is 14.7 Å². The van der Waals surface area contributed by atoms with E-state index in [4.69, 9.17) is 10.8 Å². The molecule has 0 aromatic rings. The number of carboxylic acids is 1. The molecule has 17 heavy (non-hydrogen) atoms. The summed E-state index contributed by atoms with van der Waals surface area (Å²) >= 11 is 0. The Morgan fingerprint density at radius 3 is 2.65 bits per heavy atom. The fourth-order valence-electron chi connectivity index (χ4n) is 2.15. The summed E-state index contributed by atoms with van der Waals surface area (Å²) in [6.45, 7) is 3.48. The highest BCUT2D eigenvalue weighted by atomic mass is 16.4. The highest BCUT2D eigenvalue weighted by Crippen LogP contribution is 2.23. The van der Waals surface area contributed by atoms with E-state index >= 15 is 0 Å². The minimum absolute atomic E-state index is 0.151. The lowest BCUT2D eigenvalue weighted by Gasteiger charge is -2.28. The van der Waals surface area contributed by atoms with Gasteiger partial charge in [-0.15, -0.1) is 6.58 Å². The number of carboxylic acid groups (broad SMARTS) is 1. The van der Waals surface area contributed by atoms with E-state index in [-0.39, 0.29) is 24.3 Å². The van der Waals surface area contributed by atoms with E-state index in [1.54, 1.807) is 0 Å². The Kier molecular flexibility index (Phi) is 5.15. The minimum atomic E-state index is -1.04. The SMILES string of the molecule is C=CCC(NC(=O)C1CCCCC1N)C(=O)O. The molecule has 3 atom stereocenters. The maximum Gasteiger partial charge on any atom is 0.326 e. The molecule has 5 heteroatoms. The van der Waals surface area contributed by atoms with Gasteiger partial charge in [0, 0.05) is 6.04 Å². The first-order chi connectivity index (χ1) is 8.06. The van der Waals surface area contributed by atoms with Gasteiger partial charge in [-0.05, 0) is 19.3 Å². The molecule has 5 nitrogen and oxygen atoms in total. The molecule has 1 rings (SSSR count). The molecule has 0 spiro atoms. The van der Waals surface area contributed by atoms with Crippen molar-refractivity contribution in [3.63, 3.8) is 0 Å². The zero-order chi connectivity index (χ0) is 12.8. The van der Waals surface area contributed by atoms with Gasteiger partial charge in [0.1, 0.15) is 6.04 Å². The van der Waals surface area contributed by atoms with Crippen LogP contribution >= 0.6 is 0 Å². The van der Waals surface area contributed by atoms with Crippen molar-refractivity contribution in [1.82, 2.24) is 5.32 Å². The summed E-state index contributed by atoms with van der Waals surface area (Å²) in [4.78, 5) is 22.8. The summed E-state index contributed by atoms with van der Waals surface area (Å²) in [5, 5.41) is 11.5. The molecular formula is C12H20N2O3. The van der Waals surface area contributed by atoms with Crippen LogP contribution in [0.1, 0.15) is 32.1 Å². The Hall–Kier alpha value is -1.36. The zero-order valence-electron chi connectivity index (χ0n) is 9.89. The van der Waals surface area contributed by atoms with Crippen LogP contribution in [-0.4, -0.2) is 29.1 Å². The normalized spacial score (nSPS) is 25.9. The molecule has 0 aromatic heterocycles. The van der Waals surface area contributed by atoms with E-state index in [9.17, 15) is 9.59 Å². The average Bonchev–Trinajstić information content (AvgIpc) is 2.28. The molecule has 0 bridgehead atoms. The number of nitrogens with one attached hydrogen (secondary N) is 1. The van der Waals surface area contributed by atoms with E-state index in [1.807, 2.05) is 0 Å². The molecule has 4 N–H and O–H groups in total. The van der Waals surface area contributed by atoms with Crippen LogP contribution in [0.15, 0.2) is 12.7 Å². The maximum absolute atomic E-state index is 11.9. The largest absolute Gasteiger partial charge is 0.480 e. The Labute approximate surface area is 101 Å². The third-order valence-electron chi connectivity index (χ3n) is 3.17. The van der Waals surface area contributed by atoms with Crippen molar-refractivity contribution in [3.05, 3.63) is 12.7 Å². The molecule has 1 aliphatic carbocycles. The number of hydrogen-bond acceptors (Lipinski definition) is 3. The second-order valence-electron chi connectivity index (χ2n) is 4.48. The highest BCUT2D eigenvalue weighted by Gasteiger charge is 2.30. The first-order valence-electron chi connectivity index (χ1n) is 5.96. The summed E-state index contributed by atoms with van der Waals surface area (Å²) in [7, 11) is 0. The zero-order valence-corrected chi connectivity index (χ0v) is 9.89. The maximum atomic E-state index is 11.9.